The van der Waals surface area contributed by atoms with Gasteiger partial charge in [-0.2, -0.15) is 0 Å². The molecule has 0 bridgehead atoms. The predicted octanol–water partition coefficient (Wildman–Crippen LogP) is 2.86. The first-order valence-electron chi connectivity index (χ1n) is 6.73. The van der Waals surface area contributed by atoms with E-state index in [1.54, 1.807) is 0 Å². The van der Waals surface area contributed by atoms with Gasteiger partial charge in [-0.15, -0.1) is 0 Å². The van der Waals surface area contributed by atoms with Gasteiger partial charge in [0.2, 0.25) is 0 Å². The molecule has 1 fully saturated rings. The number of piperidine rings is 1. The van der Waals surface area contributed by atoms with Gasteiger partial charge in [0.25, 0.3) is 0 Å². The second kappa shape index (κ2) is 5.85. The number of nitrogens with zero attached hydrogens (tertiary/aromatic N) is 1. The molecule has 1 N–H and O–H groups in total. The Morgan fingerprint density at radius 2 is 2.00 bits per heavy atom. The van der Waals surface area contributed by atoms with Crippen molar-refractivity contribution >= 4 is 5.97 Å². The molecule has 0 aromatic rings. The molecule has 3 nitrogen and oxygen atoms in total. The molecule has 1 rings (SSSR count). The standard InChI is InChI=1S/C14H27NO2/c1-11-8-12(13(16)17)10-15(9-11)7-5-6-14(2,3)4/h11-12H,5-10H2,1-4H3,(H,16,17). The highest BCUT2D eigenvalue weighted by Gasteiger charge is 2.29. The number of likely N-dealkylation sites (tertiary alicyclic amines) is 1. The molecule has 17 heavy (non-hydrogen) atoms. The first-order valence-corrected chi connectivity index (χ1v) is 6.73. The first-order chi connectivity index (χ1) is 7.78. The minimum Gasteiger partial charge on any atom is -0.481 e. The molecule has 0 saturated carbocycles. The molecule has 1 heterocycles. The third-order valence-corrected chi connectivity index (χ3v) is 3.49. The van der Waals surface area contributed by atoms with Crippen LogP contribution in [0.15, 0.2) is 0 Å². The van der Waals surface area contributed by atoms with Crippen LogP contribution in [-0.2, 0) is 4.79 Å². The molecule has 3 heteroatoms. The molecule has 0 amide bonds. The molecular formula is C14H27NO2. The fourth-order valence-electron chi connectivity index (χ4n) is 2.66. The van der Waals surface area contributed by atoms with E-state index in [0.29, 0.717) is 11.3 Å². The maximum absolute atomic E-state index is 11.1. The lowest BCUT2D eigenvalue weighted by Gasteiger charge is -2.35. The van der Waals surface area contributed by atoms with Crippen LogP contribution in [0.1, 0.15) is 47.0 Å². The van der Waals surface area contributed by atoms with Gasteiger partial charge in [0.05, 0.1) is 5.92 Å². The zero-order chi connectivity index (χ0) is 13.1. The third-order valence-electron chi connectivity index (χ3n) is 3.49. The molecular weight excluding hydrogens is 214 g/mol. The average molecular weight is 241 g/mol. The van der Waals surface area contributed by atoms with Crippen LogP contribution < -0.4 is 0 Å². The summed E-state index contributed by atoms with van der Waals surface area (Å²) in [7, 11) is 0. The Labute approximate surface area is 105 Å². The van der Waals surface area contributed by atoms with Crippen LogP contribution in [0.4, 0.5) is 0 Å². The van der Waals surface area contributed by atoms with E-state index >= 15 is 0 Å². The van der Waals surface area contributed by atoms with Crippen LogP contribution in [0.5, 0.6) is 0 Å². The lowest BCUT2D eigenvalue weighted by Crippen LogP contribution is -2.42. The van der Waals surface area contributed by atoms with Crippen LogP contribution in [0.3, 0.4) is 0 Å². The van der Waals surface area contributed by atoms with Crippen LogP contribution in [0.2, 0.25) is 0 Å². The molecule has 0 spiro atoms. The highest BCUT2D eigenvalue weighted by atomic mass is 16.4. The minimum atomic E-state index is -0.627. The second-order valence-electron chi connectivity index (χ2n) is 6.80. The Hall–Kier alpha value is -0.570. The van der Waals surface area contributed by atoms with Gasteiger partial charge < -0.3 is 10.0 Å². The van der Waals surface area contributed by atoms with Gasteiger partial charge in [0.15, 0.2) is 0 Å². The van der Waals surface area contributed by atoms with Crippen molar-refractivity contribution in [3.8, 4) is 0 Å². The van der Waals surface area contributed by atoms with Crippen LogP contribution >= 0.6 is 0 Å². The maximum Gasteiger partial charge on any atom is 0.307 e. The highest BCUT2D eigenvalue weighted by Crippen LogP contribution is 2.24. The van der Waals surface area contributed by atoms with E-state index < -0.39 is 5.97 Å². The van der Waals surface area contributed by atoms with Crippen LogP contribution in [0, 0.1) is 17.3 Å². The first kappa shape index (κ1) is 14.5. The monoisotopic (exact) mass is 241 g/mol. The van der Waals surface area contributed by atoms with Gasteiger partial charge in [-0.3, -0.25) is 4.79 Å². The summed E-state index contributed by atoms with van der Waals surface area (Å²) in [6.07, 6.45) is 3.21. The molecule has 2 unspecified atom stereocenters. The Kier molecular flexibility index (Phi) is 4.99. The Bertz CT molecular complexity index is 257. The van der Waals surface area contributed by atoms with E-state index in [-0.39, 0.29) is 5.92 Å². The topological polar surface area (TPSA) is 40.5 Å². The van der Waals surface area contributed by atoms with Gasteiger partial charge in [0, 0.05) is 13.1 Å². The molecule has 100 valence electrons. The van der Waals surface area contributed by atoms with Gasteiger partial charge in [-0.1, -0.05) is 27.7 Å². The van der Waals surface area contributed by atoms with Gasteiger partial charge >= 0.3 is 5.97 Å². The smallest absolute Gasteiger partial charge is 0.307 e. The predicted molar refractivity (Wildman–Crippen MR) is 70.0 cm³/mol. The number of hydrogen-bond donors (Lipinski definition) is 1. The number of aliphatic carboxylic acids is 1. The Morgan fingerprint density at radius 1 is 1.35 bits per heavy atom. The van der Waals surface area contributed by atoms with Gasteiger partial charge in [-0.25, -0.2) is 0 Å². The van der Waals surface area contributed by atoms with Crippen molar-refractivity contribution in [3.63, 3.8) is 0 Å². The Morgan fingerprint density at radius 3 is 2.53 bits per heavy atom. The van der Waals surface area contributed by atoms with E-state index in [9.17, 15) is 4.79 Å². The van der Waals surface area contributed by atoms with E-state index in [1.807, 2.05) is 0 Å². The quantitative estimate of drug-likeness (QED) is 0.822. The van der Waals surface area contributed by atoms with Crippen molar-refractivity contribution in [3.05, 3.63) is 0 Å². The number of carbonyl (C=O) groups is 1. The highest BCUT2D eigenvalue weighted by molar-refractivity contribution is 5.70. The lowest BCUT2D eigenvalue weighted by molar-refractivity contribution is -0.144. The maximum atomic E-state index is 11.1. The molecule has 0 aliphatic carbocycles. The van der Waals surface area contributed by atoms with Crippen LogP contribution in [0.25, 0.3) is 0 Å². The number of carboxylic acids is 1. The molecule has 1 aliphatic heterocycles. The molecule has 0 radical (unpaired) electrons. The van der Waals surface area contributed by atoms with Crippen molar-refractivity contribution in [2.45, 2.75) is 47.0 Å². The zero-order valence-corrected chi connectivity index (χ0v) is 11.7. The van der Waals surface area contributed by atoms with E-state index in [4.69, 9.17) is 5.11 Å². The third kappa shape index (κ3) is 5.53. The second-order valence-corrected chi connectivity index (χ2v) is 6.80. The van der Waals surface area contributed by atoms with E-state index in [0.717, 1.165) is 26.1 Å². The molecule has 1 aliphatic rings. The average Bonchev–Trinajstić information content (AvgIpc) is 2.14. The summed E-state index contributed by atoms with van der Waals surface area (Å²) in [5.41, 5.74) is 0.383. The molecule has 1 saturated heterocycles. The number of rotatable bonds is 4. The number of carboxylic acid groups (broad SMARTS) is 1. The Balaban J connectivity index is 2.35. The van der Waals surface area contributed by atoms with Gasteiger partial charge in [0.1, 0.15) is 0 Å². The van der Waals surface area contributed by atoms with E-state index in [2.05, 4.69) is 32.6 Å². The summed E-state index contributed by atoms with van der Waals surface area (Å²) in [5, 5.41) is 9.10. The zero-order valence-electron chi connectivity index (χ0n) is 11.7. The number of hydrogen-bond acceptors (Lipinski definition) is 2. The van der Waals surface area contributed by atoms with Crippen molar-refractivity contribution in [1.82, 2.24) is 4.90 Å². The molecule has 0 aromatic carbocycles. The summed E-state index contributed by atoms with van der Waals surface area (Å²) in [6.45, 7) is 11.8. The summed E-state index contributed by atoms with van der Waals surface area (Å²) < 4.78 is 0. The van der Waals surface area contributed by atoms with Crippen molar-refractivity contribution < 1.29 is 9.90 Å². The SMILES string of the molecule is CC1CC(C(=O)O)CN(CCCC(C)(C)C)C1. The molecule has 2 atom stereocenters. The summed E-state index contributed by atoms with van der Waals surface area (Å²) in [5.74, 6) is -0.273. The van der Waals surface area contributed by atoms with Crippen molar-refractivity contribution in [2.24, 2.45) is 17.3 Å². The molecule has 0 aromatic heterocycles. The van der Waals surface area contributed by atoms with Crippen LogP contribution in [-0.4, -0.2) is 35.6 Å². The lowest BCUT2D eigenvalue weighted by atomic mass is 9.88. The largest absolute Gasteiger partial charge is 0.481 e. The summed E-state index contributed by atoms with van der Waals surface area (Å²) >= 11 is 0. The summed E-state index contributed by atoms with van der Waals surface area (Å²) in [4.78, 5) is 13.4. The van der Waals surface area contributed by atoms with Crippen molar-refractivity contribution in [2.75, 3.05) is 19.6 Å². The fourth-order valence-corrected chi connectivity index (χ4v) is 2.66. The normalized spacial score (nSPS) is 27.1. The summed E-state index contributed by atoms with van der Waals surface area (Å²) in [6, 6.07) is 0. The fraction of sp³-hybridized carbons (Fsp3) is 0.929. The van der Waals surface area contributed by atoms with Crippen molar-refractivity contribution in [1.29, 1.82) is 0 Å². The minimum absolute atomic E-state index is 0.159. The van der Waals surface area contributed by atoms with E-state index in [1.165, 1.54) is 12.8 Å². The van der Waals surface area contributed by atoms with Gasteiger partial charge in [-0.05, 0) is 37.1 Å².